The lowest BCUT2D eigenvalue weighted by atomic mass is 10.0. The Morgan fingerprint density at radius 3 is 2.47 bits per heavy atom. The van der Waals surface area contributed by atoms with Gasteiger partial charge in [0.1, 0.15) is 0 Å². The van der Waals surface area contributed by atoms with Gasteiger partial charge in [-0.05, 0) is 23.6 Å². The van der Waals surface area contributed by atoms with Crippen LogP contribution in [0.4, 0.5) is 0 Å². The molecule has 2 heteroatoms. The van der Waals surface area contributed by atoms with E-state index in [1.165, 1.54) is 0 Å². The first-order valence-corrected chi connectivity index (χ1v) is 6.85. The van der Waals surface area contributed by atoms with Crippen LogP contribution in [0.5, 0.6) is 0 Å². The number of rotatable bonds is 6. The number of aromatic nitrogens is 1. The van der Waals surface area contributed by atoms with Gasteiger partial charge >= 0.3 is 0 Å². The molecule has 0 fully saturated rings. The third-order valence-electron chi connectivity index (χ3n) is 3.21. The smallest absolute Gasteiger partial charge is 0.162 e. The van der Waals surface area contributed by atoms with Gasteiger partial charge in [0, 0.05) is 24.4 Å². The Hall–Kier alpha value is -1.96. The summed E-state index contributed by atoms with van der Waals surface area (Å²) in [6.45, 7) is 2.15. The van der Waals surface area contributed by atoms with E-state index in [1.807, 2.05) is 42.6 Å². The van der Waals surface area contributed by atoms with E-state index in [9.17, 15) is 4.79 Å². The summed E-state index contributed by atoms with van der Waals surface area (Å²) < 4.78 is 0. The van der Waals surface area contributed by atoms with E-state index in [4.69, 9.17) is 0 Å². The molecule has 0 bridgehead atoms. The van der Waals surface area contributed by atoms with Crippen molar-refractivity contribution >= 4 is 5.78 Å². The van der Waals surface area contributed by atoms with Crippen LogP contribution in [0.3, 0.4) is 0 Å². The van der Waals surface area contributed by atoms with Crippen LogP contribution >= 0.6 is 0 Å². The summed E-state index contributed by atoms with van der Waals surface area (Å²) in [5, 5.41) is 0. The summed E-state index contributed by atoms with van der Waals surface area (Å²) in [4.78, 5) is 16.1. The molecule has 1 heterocycles. The predicted molar refractivity (Wildman–Crippen MR) is 78.1 cm³/mol. The molecule has 0 saturated heterocycles. The first-order valence-electron chi connectivity index (χ1n) is 6.85. The minimum Gasteiger partial charge on any atom is -0.294 e. The molecule has 0 radical (unpaired) electrons. The van der Waals surface area contributed by atoms with Crippen LogP contribution in [-0.2, 0) is 0 Å². The van der Waals surface area contributed by atoms with E-state index in [2.05, 4.69) is 11.9 Å². The van der Waals surface area contributed by atoms with Crippen LogP contribution in [0, 0.1) is 0 Å². The van der Waals surface area contributed by atoms with Crippen molar-refractivity contribution < 1.29 is 4.79 Å². The van der Waals surface area contributed by atoms with Crippen molar-refractivity contribution in [2.24, 2.45) is 0 Å². The van der Waals surface area contributed by atoms with Crippen molar-refractivity contribution in [2.45, 2.75) is 32.6 Å². The highest BCUT2D eigenvalue weighted by Crippen LogP contribution is 2.19. The number of carbonyl (C=O) groups excluding carboxylic acids is 1. The quantitative estimate of drug-likeness (QED) is 0.560. The molecule has 2 nitrogen and oxygen atoms in total. The Bertz CT molecular complexity index is 517. The molecule has 0 spiro atoms. The number of nitrogens with zero attached hydrogens (tertiary/aromatic N) is 1. The van der Waals surface area contributed by atoms with Crippen molar-refractivity contribution in [2.75, 3.05) is 0 Å². The maximum absolute atomic E-state index is 12.0. The Kier molecular flexibility index (Phi) is 4.85. The normalized spacial score (nSPS) is 10.4. The molecule has 98 valence electrons. The van der Waals surface area contributed by atoms with E-state index in [0.29, 0.717) is 6.42 Å². The summed E-state index contributed by atoms with van der Waals surface area (Å²) >= 11 is 0. The van der Waals surface area contributed by atoms with Crippen molar-refractivity contribution in [3.05, 3.63) is 54.4 Å². The van der Waals surface area contributed by atoms with Crippen LogP contribution in [0.1, 0.15) is 43.0 Å². The second-order valence-electron chi connectivity index (χ2n) is 4.70. The fourth-order valence-electron chi connectivity index (χ4n) is 2.06. The SMILES string of the molecule is CCCCCC(=O)c1ccc(-c2cccnc2)cc1. The molecular formula is C17H19NO. The van der Waals surface area contributed by atoms with Gasteiger partial charge in [-0.25, -0.2) is 0 Å². The topological polar surface area (TPSA) is 30.0 Å². The van der Waals surface area contributed by atoms with E-state index in [1.54, 1.807) is 6.20 Å². The number of carbonyl (C=O) groups is 1. The minimum atomic E-state index is 0.242. The summed E-state index contributed by atoms with van der Waals surface area (Å²) in [6, 6.07) is 11.7. The van der Waals surface area contributed by atoms with Gasteiger partial charge in [0.15, 0.2) is 5.78 Å². The lowest BCUT2D eigenvalue weighted by molar-refractivity contribution is 0.0979. The second kappa shape index (κ2) is 6.83. The first-order chi connectivity index (χ1) is 9.31. The number of ketones is 1. The monoisotopic (exact) mass is 253 g/mol. The maximum Gasteiger partial charge on any atom is 0.162 e. The third-order valence-corrected chi connectivity index (χ3v) is 3.21. The number of hydrogen-bond acceptors (Lipinski definition) is 2. The van der Waals surface area contributed by atoms with Gasteiger partial charge in [0.25, 0.3) is 0 Å². The molecule has 19 heavy (non-hydrogen) atoms. The average Bonchev–Trinajstić information content (AvgIpc) is 2.48. The van der Waals surface area contributed by atoms with Crippen LogP contribution < -0.4 is 0 Å². The Morgan fingerprint density at radius 2 is 1.84 bits per heavy atom. The van der Waals surface area contributed by atoms with Gasteiger partial charge in [0.2, 0.25) is 0 Å². The lowest BCUT2D eigenvalue weighted by Gasteiger charge is -2.03. The highest BCUT2D eigenvalue weighted by atomic mass is 16.1. The number of Topliss-reactive ketones (excluding diaryl/α,β-unsaturated/α-hetero) is 1. The molecule has 0 N–H and O–H groups in total. The van der Waals surface area contributed by atoms with Crippen molar-refractivity contribution in [1.82, 2.24) is 4.98 Å². The Balaban J connectivity index is 2.04. The first kappa shape index (κ1) is 13.5. The molecule has 0 amide bonds. The number of unbranched alkanes of at least 4 members (excludes halogenated alkanes) is 2. The van der Waals surface area contributed by atoms with E-state index >= 15 is 0 Å². The Labute approximate surface area is 114 Å². The zero-order valence-electron chi connectivity index (χ0n) is 11.3. The third kappa shape index (κ3) is 3.75. The highest BCUT2D eigenvalue weighted by molar-refractivity contribution is 5.96. The average molecular weight is 253 g/mol. The van der Waals surface area contributed by atoms with E-state index in [0.717, 1.165) is 36.0 Å². The minimum absolute atomic E-state index is 0.242. The fourth-order valence-corrected chi connectivity index (χ4v) is 2.06. The predicted octanol–water partition coefficient (Wildman–Crippen LogP) is 4.51. The van der Waals surface area contributed by atoms with Crippen molar-refractivity contribution in [1.29, 1.82) is 0 Å². The second-order valence-corrected chi connectivity index (χ2v) is 4.70. The molecule has 2 aromatic rings. The molecular weight excluding hydrogens is 234 g/mol. The largest absolute Gasteiger partial charge is 0.294 e. The molecule has 0 atom stereocenters. The lowest BCUT2D eigenvalue weighted by Crippen LogP contribution is -1.98. The van der Waals surface area contributed by atoms with Crippen molar-refractivity contribution in [3.8, 4) is 11.1 Å². The molecule has 0 aliphatic rings. The number of hydrogen-bond donors (Lipinski definition) is 0. The van der Waals surface area contributed by atoms with Crippen LogP contribution in [0.25, 0.3) is 11.1 Å². The van der Waals surface area contributed by atoms with E-state index in [-0.39, 0.29) is 5.78 Å². The summed E-state index contributed by atoms with van der Waals surface area (Å²) in [5.41, 5.74) is 2.98. The molecule has 0 saturated carbocycles. The summed E-state index contributed by atoms with van der Waals surface area (Å²) in [7, 11) is 0. The van der Waals surface area contributed by atoms with Crippen LogP contribution in [0.2, 0.25) is 0 Å². The van der Waals surface area contributed by atoms with Gasteiger partial charge in [-0.15, -0.1) is 0 Å². The zero-order chi connectivity index (χ0) is 13.5. The van der Waals surface area contributed by atoms with Gasteiger partial charge in [-0.1, -0.05) is 50.1 Å². The summed E-state index contributed by atoms with van der Waals surface area (Å²) in [6.07, 6.45) is 7.50. The molecule has 1 aromatic heterocycles. The van der Waals surface area contributed by atoms with Crippen LogP contribution in [-0.4, -0.2) is 10.8 Å². The molecule has 0 aliphatic heterocycles. The van der Waals surface area contributed by atoms with Gasteiger partial charge in [-0.2, -0.15) is 0 Å². The highest BCUT2D eigenvalue weighted by Gasteiger charge is 2.05. The van der Waals surface area contributed by atoms with E-state index < -0.39 is 0 Å². The van der Waals surface area contributed by atoms with Gasteiger partial charge < -0.3 is 0 Å². The number of pyridine rings is 1. The molecule has 2 rings (SSSR count). The summed E-state index contributed by atoms with van der Waals surface area (Å²) in [5.74, 6) is 0.242. The zero-order valence-corrected chi connectivity index (χ0v) is 11.3. The molecule has 0 aliphatic carbocycles. The Morgan fingerprint density at radius 1 is 1.05 bits per heavy atom. The molecule has 1 aromatic carbocycles. The maximum atomic E-state index is 12.0. The standard InChI is InChI=1S/C17H19NO/c1-2-3-4-7-17(19)15-10-8-14(9-11-15)16-6-5-12-18-13-16/h5-6,8-13H,2-4,7H2,1H3. The molecule has 0 unspecified atom stereocenters. The van der Waals surface area contributed by atoms with Gasteiger partial charge in [0.05, 0.1) is 0 Å². The van der Waals surface area contributed by atoms with Crippen LogP contribution in [0.15, 0.2) is 48.8 Å². The van der Waals surface area contributed by atoms with Crippen molar-refractivity contribution in [3.63, 3.8) is 0 Å². The fraction of sp³-hybridized carbons (Fsp3) is 0.294. The number of benzene rings is 1. The van der Waals surface area contributed by atoms with Gasteiger partial charge in [-0.3, -0.25) is 9.78 Å².